The van der Waals surface area contributed by atoms with Gasteiger partial charge >= 0.3 is 6.16 Å². The van der Waals surface area contributed by atoms with Gasteiger partial charge < -0.3 is 9.47 Å². The zero-order chi connectivity index (χ0) is 13.9. The Balaban J connectivity index is 3.49. The Hall–Kier alpha value is -1.21. The molecule has 0 saturated heterocycles. The molecule has 0 aromatic rings. The third-order valence-corrected chi connectivity index (χ3v) is 2.79. The van der Waals surface area contributed by atoms with Gasteiger partial charge in [-0.3, -0.25) is 0 Å². The summed E-state index contributed by atoms with van der Waals surface area (Å²) in [4.78, 5) is 10.8. The van der Waals surface area contributed by atoms with Crippen LogP contribution in [0.3, 0.4) is 0 Å². The van der Waals surface area contributed by atoms with Gasteiger partial charge in [0.2, 0.25) is 0 Å². The second kappa shape index (κ2) is 9.78. The maximum Gasteiger partial charge on any atom is 0.508 e. The van der Waals surface area contributed by atoms with E-state index in [2.05, 4.69) is 35.8 Å². The third kappa shape index (κ3) is 12.9. The maximum atomic E-state index is 10.8. The van der Waals surface area contributed by atoms with Crippen LogP contribution in [0.25, 0.3) is 0 Å². The second-order valence-corrected chi connectivity index (χ2v) is 9.66. The molecular formula is C14H24O3Si. The molecule has 0 N–H and O–H groups in total. The molecule has 102 valence electrons. The van der Waals surface area contributed by atoms with E-state index in [-0.39, 0.29) is 6.61 Å². The molecule has 0 spiro atoms. The molecule has 0 fully saturated rings. The van der Waals surface area contributed by atoms with Gasteiger partial charge in [-0.1, -0.05) is 31.8 Å². The highest BCUT2D eigenvalue weighted by Gasteiger charge is 2.06. The topological polar surface area (TPSA) is 35.5 Å². The number of carbonyl (C=O) groups excluding carboxylic acids is 1. The van der Waals surface area contributed by atoms with Gasteiger partial charge in [0, 0.05) is 6.42 Å². The number of ether oxygens (including phenoxy) is 2. The molecule has 0 bridgehead atoms. The molecule has 0 amide bonds. The van der Waals surface area contributed by atoms with E-state index in [0.717, 1.165) is 19.3 Å². The number of hydrogen-bond acceptors (Lipinski definition) is 3. The molecule has 0 aromatic heterocycles. The Bertz CT molecular complexity index is 318. The third-order valence-electron chi connectivity index (χ3n) is 1.86. The monoisotopic (exact) mass is 268 g/mol. The van der Waals surface area contributed by atoms with Crippen molar-refractivity contribution in [3.63, 3.8) is 0 Å². The van der Waals surface area contributed by atoms with E-state index in [4.69, 9.17) is 4.74 Å². The lowest BCUT2D eigenvalue weighted by Gasteiger charge is -2.03. The van der Waals surface area contributed by atoms with Gasteiger partial charge in [-0.25, -0.2) is 4.79 Å². The van der Waals surface area contributed by atoms with E-state index in [1.165, 1.54) is 0 Å². The van der Waals surface area contributed by atoms with Crippen molar-refractivity contribution in [3.05, 3.63) is 12.2 Å². The Morgan fingerprint density at radius 2 is 1.94 bits per heavy atom. The maximum absolute atomic E-state index is 10.8. The first-order valence-electron chi connectivity index (χ1n) is 6.40. The Morgan fingerprint density at radius 3 is 2.56 bits per heavy atom. The molecule has 0 aliphatic carbocycles. The minimum Gasteiger partial charge on any atom is -0.435 e. The van der Waals surface area contributed by atoms with Crippen LogP contribution in [0.1, 0.15) is 26.2 Å². The SMILES string of the molecule is CCOC(=O)OCC=CCCCC#C[Si](C)(C)C. The lowest BCUT2D eigenvalue weighted by molar-refractivity contribution is 0.0673. The summed E-state index contributed by atoms with van der Waals surface area (Å²) < 4.78 is 9.41. The largest absolute Gasteiger partial charge is 0.508 e. The van der Waals surface area contributed by atoms with Crippen molar-refractivity contribution in [1.29, 1.82) is 0 Å². The summed E-state index contributed by atoms with van der Waals surface area (Å²) in [6.07, 6.45) is 6.19. The van der Waals surface area contributed by atoms with Crippen LogP contribution in [0.15, 0.2) is 12.2 Å². The molecule has 0 radical (unpaired) electrons. The number of rotatable bonds is 6. The van der Waals surface area contributed by atoms with Crippen molar-refractivity contribution in [1.82, 2.24) is 0 Å². The molecule has 0 rings (SSSR count). The molecular weight excluding hydrogens is 244 g/mol. The van der Waals surface area contributed by atoms with Gasteiger partial charge in [-0.15, -0.1) is 11.5 Å². The van der Waals surface area contributed by atoms with E-state index in [1.54, 1.807) is 6.92 Å². The average Bonchev–Trinajstić information content (AvgIpc) is 2.25. The summed E-state index contributed by atoms with van der Waals surface area (Å²) in [6.45, 7) is 9.10. The summed E-state index contributed by atoms with van der Waals surface area (Å²) in [5, 5.41) is 0. The molecule has 0 aromatic carbocycles. The first kappa shape index (κ1) is 16.8. The van der Waals surface area contributed by atoms with E-state index in [0.29, 0.717) is 6.61 Å². The van der Waals surface area contributed by atoms with Gasteiger partial charge in [0.05, 0.1) is 6.61 Å². The molecule has 18 heavy (non-hydrogen) atoms. The lowest BCUT2D eigenvalue weighted by atomic mass is 10.2. The number of hydrogen-bond donors (Lipinski definition) is 0. The van der Waals surface area contributed by atoms with Crippen LogP contribution in [0.4, 0.5) is 4.79 Å². The first-order chi connectivity index (χ1) is 8.45. The lowest BCUT2D eigenvalue weighted by Crippen LogP contribution is -2.16. The normalized spacial score (nSPS) is 10.9. The van der Waals surface area contributed by atoms with Crippen molar-refractivity contribution in [3.8, 4) is 11.5 Å². The molecule has 0 saturated carbocycles. The predicted octanol–water partition coefficient (Wildman–Crippen LogP) is 3.77. The fourth-order valence-electron chi connectivity index (χ4n) is 1.10. The Kier molecular flexibility index (Phi) is 9.12. The second-order valence-electron chi connectivity index (χ2n) is 4.91. The van der Waals surface area contributed by atoms with Crippen molar-refractivity contribution in [2.75, 3.05) is 13.2 Å². The first-order valence-corrected chi connectivity index (χ1v) is 9.90. The summed E-state index contributed by atoms with van der Waals surface area (Å²) in [5.74, 6) is 3.22. The van der Waals surface area contributed by atoms with Crippen LogP contribution in [0, 0.1) is 11.5 Å². The predicted molar refractivity (Wildman–Crippen MR) is 77.1 cm³/mol. The Labute approximate surface area is 112 Å². The van der Waals surface area contributed by atoms with Gasteiger partial charge in [0.15, 0.2) is 0 Å². The summed E-state index contributed by atoms with van der Waals surface area (Å²) in [7, 11) is -1.21. The molecule has 0 unspecified atom stereocenters. The zero-order valence-corrected chi connectivity index (χ0v) is 12.9. The molecule has 0 aliphatic rings. The summed E-state index contributed by atoms with van der Waals surface area (Å²) in [6, 6.07) is 0. The average molecular weight is 268 g/mol. The summed E-state index contributed by atoms with van der Waals surface area (Å²) >= 11 is 0. The van der Waals surface area contributed by atoms with E-state index < -0.39 is 14.2 Å². The van der Waals surface area contributed by atoms with Crippen LogP contribution in [-0.2, 0) is 9.47 Å². The zero-order valence-electron chi connectivity index (χ0n) is 11.9. The van der Waals surface area contributed by atoms with Crippen LogP contribution < -0.4 is 0 Å². The van der Waals surface area contributed by atoms with Gasteiger partial charge in [-0.2, -0.15) is 0 Å². The van der Waals surface area contributed by atoms with Crippen molar-refractivity contribution < 1.29 is 14.3 Å². The highest BCUT2D eigenvalue weighted by atomic mass is 28.3. The summed E-state index contributed by atoms with van der Waals surface area (Å²) in [5.41, 5.74) is 3.33. The minimum absolute atomic E-state index is 0.277. The van der Waals surface area contributed by atoms with Crippen LogP contribution >= 0.6 is 0 Å². The number of carbonyl (C=O) groups is 1. The van der Waals surface area contributed by atoms with Gasteiger partial charge in [-0.05, 0) is 19.8 Å². The van der Waals surface area contributed by atoms with Crippen molar-refractivity contribution >= 4 is 14.2 Å². The van der Waals surface area contributed by atoms with Crippen LogP contribution in [-0.4, -0.2) is 27.4 Å². The van der Waals surface area contributed by atoms with Crippen molar-refractivity contribution in [2.24, 2.45) is 0 Å². The molecule has 0 atom stereocenters. The Morgan fingerprint density at radius 1 is 1.22 bits per heavy atom. The minimum atomic E-state index is -1.21. The quantitative estimate of drug-likeness (QED) is 0.242. The smallest absolute Gasteiger partial charge is 0.435 e. The fourth-order valence-corrected chi connectivity index (χ4v) is 1.75. The van der Waals surface area contributed by atoms with Crippen LogP contribution in [0.5, 0.6) is 0 Å². The molecule has 0 aliphatic heterocycles. The van der Waals surface area contributed by atoms with Crippen LogP contribution in [0.2, 0.25) is 19.6 Å². The standard InChI is InChI=1S/C14H24O3Si/c1-5-16-14(15)17-12-10-8-6-7-9-11-13-18(2,3)4/h8,10H,5-7,9,12H2,1-4H3. The van der Waals surface area contributed by atoms with E-state index in [1.807, 2.05) is 12.2 Å². The molecule has 0 heterocycles. The fraction of sp³-hybridized carbons (Fsp3) is 0.643. The highest BCUT2D eigenvalue weighted by molar-refractivity contribution is 6.83. The number of allylic oxidation sites excluding steroid dienone is 1. The van der Waals surface area contributed by atoms with E-state index >= 15 is 0 Å². The van der Waals surface area contributed by atoms with E-state index in [9.17, 15) is 4.79 Å². The van der Waals surface area contributed by atoms with Gasteiger partial charge in [0.25, 0.3) is 0 Å². The highest BCUT2D eigenvalue weighted by Crippen LogP contribution is 1.99. The molecule has 3 nitrogen and oxygen atoms in total. The van der Waals surface area contributed by atoms with Gasteiger partial charge in [0.1, 0.15) is 14.7 Å². The van der Waals surface area contributed by atoms with Crippen molar-refractivity contribution in [2.45, 2.75) is 45.8 Å². The number of unbranched alkanes of at least 4 members (excludes halogenated alkanes) is 2. The molecule has 4 heteroatoms.